The summed E-state index contributed by atoms with van der Waals surface area (Å²) < 4.78 is 13.1. The van der Waals surface area contributed by atoms with Crippen molar-refractivity contribution in [3.05, 3.63) is 46.8 Å². The maximum atomic E-state index is 13.1. The normalized spacial score (nSPS) is 10.9. The van der Waals surface area contributed by atoms with E-state index in [1.54, 1.807) is 18.3 Å². The molecule has 2 aromatic heterocycles. The number of nitrogens with zero attached hydrogens (tertiary/aromatic N) is 2. The maximum absolute atomic E-state index is 13.1. The van der Waals surface area contributed by atoms with Crippen LogP contribution >= 0.6 is 0 Å². The third-order valence-electron chi connectivity index (χ3n) is 2.45. The van der Waals surface area contributed by atoms with Gasteiger partial charge in [0.05, 0.1) is 11.2 Å². The molecule has 1 aromatic carbocycles. The topological polar surface area (TPSA) is 74.4 Å². The molecule has 0 unspecified atom stereocenters. The molecule has 5 nitrogen and oxygen atoms in total. The van der Waals surface area contributed by atoms with Crippen LogP contribution in [0.25, 0.3) is 22.3 Å². The molecule has 84 valence electrons. The van der Waals surface area contributed by atoms with Crippen molar-refractivity contribution < 1.29 is 4.39 Å². The lowest BCUT2D eigenvalue weighted by Gasteiger charge is -2.02. The minimum absolute atomic E-state index is 0.407. The highest BCUT2D eigenvalue weighted by atomic mass is 19.1. The average molecular weight is 230 g/mol. The van der Waals surface area contributed by atoms with E-state index < -0.39 is 11.5 Å². The summed E-state index contributed by atoms with van der Waals surface area (Å²) in [5.41, 5.74) is 0.969. The molecular formula is C11H7FN4O. The molecule has 0 atom stereocenters. The van der Waals surface area contributed by atoms with Gasteiger partial charge in [0, 0.05) is 11.6 Å². The SMILES string of the molecule is O=c1nc(-c2ccn[nH]2)c2ccc(F)cc2[nH]1. The van der Waals surface area contributed by atoms with E-state index in [0.29, 0.717) is 22.3 Å². The van der Waals surface area contributed by atoms with Crippen molar-refractivity contribution in [2.75, 3.05) is 0 Å². The zero-order valence-electron chi connectivity index (χ0n) is 8.57. The Bertz CT molecular complexity index is 733. The minimum atomic E-state index is -0.521. The highest BCUT2D eigenvalue weighted by Gasteiger charge is 2.09. The average Bonchev–Trinajstić information content (AvgIpc) is 2.80. The predicted octanol–water partition coefficient (Wildman–Crippen LogP) is 1.45. The smallest absolute Gasteiger partial charge is 0.305 e. The zero-order valence-corrected chi connectivity index (χ0v) is 8.57. The van der Waals surface area contributed by atoms with Gasteiger partial charge in [0.15, 0.2) is 0 Å². The Morgan fingerprint density at radius 1 is 1.24 bits per heavy atom. The standard InChI is InChI=1S/C11H7FN4O/c12-6-1-2-7-9(5-6)14-11(17)15-10(7)8-3-4-13-16-8/h1-5H,(H,13,16)(H,14,15,17). The van der Waals surface area contributed by atoms with Gasteiger partial charge in [-0.2, -0.15) is 10.1 Å². The van der Waals surface area contributed by atoms with Crippen molar-refractivity contribution in [3.8, 4) is 11.4 Å². The molecular weight excluding hydrogens is 223 g/mol. The number of rotatable bonds is 1. The molecule has 0 aliphatic carbocycles. The van der Waals surface area contributed by atoms with E-state index in [4.69, 9.17) is 0 Å². The maximum Gasteiger partial charge on any atom is 0.346 e. The molecule has 3 rings (SSSR count). The molecule has 0 bridgehead atoms. The van der Waals surface area contributed by atoms with E-state index in [1.807, 2.05) is 0 Å². The first-order valence-corrected chi connectivity index (χ1v) is 4.93. The van der Waals surface area contributed by atoms with Gasteiger partial charge >= 0.3 is 5.69 Å². The summed E-state index contributed by atoms with van der Waals surface area (Å²) in [5, 5.41) is 7.19. The van der Waals surface area contributed by atoms with Crippen molar-refractivity contribution in [1.82, 2.24) is 20.2 Å². The summed E-state index contributed by atoms with van der Waals surface area (Å²) >= 11 is 0. The summed E-state index contributed by atoms with van der Waals surface area (Å²) in [6.07, 6.45) is 1.56. The fraction of sp³-hybridized carbons (Fsp3) is 0. The Kier molecular flexibility index (Phi) is 2.01. The fourth-order valence-electron chi connectivity index (χ4n) is 1.72. The Morgan fingerprint density at radius 2 is 2.12 bits per heavy atom. The molecule has 0 spiro atoms. The van der Waals surface area contributed by atoms with E-state index in [0.717, 1.165) is 0 Å². The number of H-pyrrole nitrogens is 2. The van der Waals surface area contributed by atoms with Gasteiger partial charge in [-0.15, -0.1) is 0 Å². The second-order valence-electron chi connectivity index (χ2n) is 3.55. The summed E-state index contributed by atoms with van der Waals surface area (Å²) in [4.78, 5) is 17.7. The van der Waals surface area contributed by atoms with Crippen LogP contribution in [0.3, 0.4) is 0 Å². The summed E-state index contributed by atoms with van der Waals surface area (Å²) in [7, 11) is 0. The molecule has 0 saturated heterocycles. The number of nitrogens with one attached hydrogen (secondary N) is 2. The van der Waals surface area contributed by atoms with Gasteiger partial charge in [-0.05, 0) is 24.3 Å². The van der Waals surface area contributed by atoms with Crippen molar-refractivity contribution in [1.29, 1.82) is 0 Å². The summed E-state index contributed by atoms with van der Waals surface area (Å²) in [6.45, 7) is 0. The van der Waals surface area contributed by atoms with E-state index in [1.165, 1.54) is 12.1 Å². The lowest BCUT2D eigenvalue weighted by atomic mass is 10.1. The number of fused-ring (bicyclic) bond motifs is 1. The van der Waals surface area contributed by atoms with Crippen LogP contribution in [0.5, 0.6) is 0 Å². The molecule has 3 aromatic rings. The van der Waals surface area contributed by atoms with Crippen LogP contribution in [-0.2, 0) is 0 Å². The second-order valence-corrected chi connectivity index (χ2v) is 3.55. The Labute approximate surface area is 94.3 Å². The molecule has 0 saturated carbocycles. The highest BCUT2D eigenvalue weighted by Crippen LogP contribution is 2.22. The van der Waals surface area contributed by atoms with Gasteiger partial charge < -0.3 is 4.98 Å². The van der Waals surface area contributed by atoms with Crippen LogP contribution in [0.15, 0.2) is 35.3 Å². The number of aromatic amines is 2. The molecule has 2 heterocycles. The minimum Gasteiger partial charge on any atom is -0.305 e. The molecule has 6 heteroatoms. The van der Waals surface area contributed by atoms with Crippen LogP contribution < -0.4 is 5.69 Å². The van der Waals surface area contributed by atoms with Gasteiger partial charge in [0.2, 0.25) is 0 Å². The molecule has 0 aliphatic heterocycles. The van der Waals surface area contributed by atoms with Crippen LogP contribution in [0.2, 0.25) is 0 Å². The van der Waals surface area contributed by atoms with Crippen molar-refractivity contribution in [2.45, 2.75) is 0 Å². The monoisotopic (exact) mass is 230 g/mol. The Morgan fingerprint density at radius 3 is 2.88 bits per heavy atom. The second kappa shape index (κ2) is 3.51. The lowest BCUT2D eigenvalue weighted by molar-refractivity contribution is 0.629. The molecule has 2 N–H and O–H groups in total. The molecule has 0 radical (unpaired) electrons. The van der Waals surface area contributed by atoms with E-state index in [-0.39, 0.29) is 0 Å². The Hall–Kier alpha value is -2.50. The van der Waals surface area contributed by atoms with E-state index >= 15 is 0 Å². The first-order chi connectivity index (χ1) is 8.24. The first-order valence-electron chi connectivity index (χ1n) is 4.93. The first kappa shape index (κ1) is 9.71. The highest BCUT2D eigenvalue weighted by molar-refractivity contribution is 5.90. The van der Waals surface area contributed by atoms with Crippen LogP contribution in [0, 0.1) is 5.82 Å². The summed E-state index contributed by atoms with van der Waals surface area (Å²) in [5.74, 6) is -0.407. The predicted molar refractivity (Wildman–Crippen MR) is 59.9 cm³/mol. The largest absolute Gasteiger partial charge is 0.346 e. The van der Waals surface area contributed by atoms with Gasteiger partial charge in [-0.3, -0.25) is 5.10 Å². The van der Waals surface area contributed by atoms with Crippen LogP contribution in [0.1, 0.15) is 0 Å². The Balaban J connectivity index is 2.42. The van der Waals surface area contributed by atoms with E-state index in [9.17, 15) is 9.18 Å². The molecule has 17 heavy (non-hydrogen) atoms. The number of aromatic nitrogens is 4. The van der Waals surface area contributed by atoms with Gasteiger partial charge in [0.25, 0.3) is 0 Å². The molecule has 0 aliphatic rings. The van der Waals surface area contributed by atoms with Gasteiger partial charge in [-0.25, -0.2) is 9.18 Å². The number of hydrogen-bond acceptors (Lipinski definition) is 3. The molecule has 0 fully saturated rings. The van der Waals surface area contributed by atoms with Gasteiger partial charge in [0.1, 0.15) is 11.5 Å². The fourth-order valence-corrected chi connectivity index (χ4v) is 1.72. The van der Waals surface area contributed by atoms with Crippen molar-refractivity contribution in [3.63, 3.8) is 0 Å². The van der Waals surface area contributed by atoms with Crippen molar-refractivity contribution >= 4 is 10.9 Å². The third kappa shape index (κ3) is 1.59. The van der Waals surface area contributed by atoms with Gasteiger partial charge in [-0.1, -0.05) is 0 Å². The number of benzene rings is 1. The quantitative estimate of drug-likeness (QED) is 0.664. The summed E-state index contributed by atoms with van der Waals surface area (Å²) in [6, 6.07) is 5.86. The number of hydrogen-bond donors (Lipinski definition) is 2. The van der Waals surface area contributed by atoms with Crippen LogP contribution in [0.4, 0.5) is 4.39 Å². The molecule has 0 amide bonds. The van der Waals surface area contributed by atoms with E-state index in [2.05, 4.69) is 20.2 Å². The van der Waals surface area contributed by atoms with Crippen LogP contribution in [-0.4, -0.2) is 20.2 Å². The third-order valence-corrected chi connectivity index (χ3v) is 2.45. The zero-order chi connectivity index (χ0) is 11.8. The number of halogens is 1. The van der Waals surface area contributed by atoms with Crippen molar-refractivity contribution in [2.24, 2.45) is 0 Å². The lowest BCUT2D eigenvalue weighted by Crippen LogP contribution is -2.11.